The van der Waals surface area contributed by atoms with Crippen molar-refractivity contribution >= 4 is 80.8 Å². The molecule has 0 spiro atoms. The van der Waals surface area contributed by atoms with Gasteiger partial charge in [-0.1, -0.05) is 18.2 Å². The molecular formula is C56H65N7O11S6. The average Bonchev–Trinajstić information content (AvgIpc) is 4.51. The van der Waals surface area contributed by atoms with Crippen LogP contribution in [-0.4, -0.2) is 160 Å². The first kappa shape index (κ1) is 58.0. The van der Waals surface area contributed by atoms with Crippen molar-refractivity contribution in [2.75, 3.05) is 120 Å². The third kappa shape index (κ3) is 13.5. The molecule has 5 fully saturated rings. The summed E-state index contributed by atoms with van der Waals surface area (Å²) in [6.07, 6.45) is 2.92. The lowest BCUT2D eigenvalue weighted by atomic mass is 10.1. The topological polar surface area (TPSA) is 210 Å². The Bertz CT molecular complexity index is 3600. The Hall–Kier alpha value is -5.25. The lowest BCUT2D eigenvalue weighted by molar-refractivity contribution is 0.122. The molecule has 5 saturated heterocycles. The molecule has 24 heteroatoms. The van der Waals surface area contributed by atoms with Crippen LogP contribution in [0.5, 0.6) is 0 Å². The van der Waals surface area contributed by atoms with Crippen molar-refractivity contribution in [2.24, 2.45) is 0 Å². The van der Waals surface area contributed by atoms with Gasteiger partial charge in [-0.3, -0.25) is 0 Å². The fourth-order valence-corrected chi connectivity index (χ4v) is 16.9. The Labute approximate surface area is 480 Å². The fraction of sp³-hybridized carbons (Fsp3) is 0.429. The maximum absolute atomic E-state index is 13.2. The number of benzene rings is 4. The van der Waals surface area contributed by atoms with E-state index in [9.17, 15) is 25.3 Å². The average molecular weight is 1200 g/mol. The molecule has 0 N–H and O–H groups in total. The van der Waals surface area contributed by atoms with Crippen LogP contribution in [0.3, 0.4) is 0 Å². The molecule has 80 heavy (non-hydrogen) atoms. The van der Waals surface area contributed by atoms with Crippen molar-refractivity contribution in [1.82, 2.24) is 19.3 Å². The first-order valence-electron chi connectivity index (χ1n) is 26.6. The van der Waals surface area contributed by atoms with E-state index in [1.54, 1.807) is 83.3 Å². The van der Waals surface area contributed by atoms with E-state index in [1.807, 2.05) is 46.0 Å². The van der Waals surface area contributed by atoms with Crippen molar-refractivity contribution in [2.45, 2.75) is 70.6 Å². The molecule has 0 saturated carbocycles. The van der Waals surface area contributed by atoms with Gasteiger partial charge in [-0.15, -0.1) is 22.7 Å². The highest BCUT2D eigenvalue weighted by atomic mass is 32.2. The van der Waals surface area contributed by atoms with Gasteiger partial charge in [0.15, 0.2) is 19.7 Å². The molecule has 2 unspecified atom stereocenters. The summed E-state index contributed by atoms with van der Waals surface area (Å²) >= 11 is 4.45. The summed E-state index contributed by atoms with van der Waals surface area (Å²) in [7, 11) is -10.5. The smallest absolute Gasteiger partial charge is 0.206 e. The van der Waals surface area contributed by atoms with E-state index in [4.69, 9.17) is 23.7 Å². The first-order valence-corrected chi connectivity index (χ1v) is 33.6. The number of morpholine rings is 3. The number of thiazole rings is 2. The van der Waals surface area contributed by atoms with Crippen LogP contribution in [0.4, 0.5) is 17.1 Å². The summed E-state index contributed by atoms with van der Waals surface area (Å²) < 4.78 is 110. The van der Waals surface area contributed by atoms with E-state index in [1.165, 1.54) is 11.5 Å². The number of hydrogen-bond acceptors (Lipinski definition) is 21. The number of nitrogens with zero attached hydrogens (tertiary/aromatic N) is 7. The van der Waals surface area contributed by atoms with Crippen molar-refractivity contribution < 1.29 is 48.9 Å². The molecule has 426 valence electrons. The molecule has 2 atom stereocenters. The van der Waals surface area contributed by atoms with Gasteiger partial charge in [0.1, 0.15) is 10.8 Å². The SMILES string of the molecule is Cc1nc(C)c(-c2cc(N3CCOCC3)cc(S(=O)(=O)C3CCOC3)c2)s1.Cc1ncc(-c2cc(N3CCOCC3)cc(S(=O)(=O)C3CCOC3)c2)s1.Cc1nsc(-c2cc(N3CCOCC3)cc(S(=O)(=O)c3ccccc3)c2)n1. The number of rotatable bonds is 12. The van der Waals surface area contributed by atoms with E-state index < -0.39 is 40.0 Å². The van der Waals surface area contributed by atoms with Crippen molar-refractivity contribution in [3.63, 3.8) is 0 Å². The highest BCUT2D eigenvalue weighted by Crippen LogP contribution is 2.38. The van der Waals surface area contributed by atoms with Gasteiger partial charge in [-0.2, -0.15) is 4.37 Å². The Morgan fingerprint density at radius 3 is 1.44 bits per heavy atom. The predicted octanol–water partition coefficient (Wildman–Crippen LogP) is 8.53. The minimum absolute atomic E-state index is 0.264. The van der Waals surface area contributed by atoms with E-state index >= 15 is 0 Å². The molecule has 4 aromatic carbocycles. The molecule has 0 bridgehead atoms. The summed E-state index contributed by atoms with van der Waals surface area (Å²) in [4.78, 5) is 23.1. The maximum Gasteiger partial charge on any atom is 0.206 e. The minimum Gasteiger partial charge on any atom is -0.380 e. The van der Waals surface area contributed by atoms with Gasteiger partial charge in [-0.05, 0) is 130 Å². The molecule has 5 aliphatic rings. The number of ether oxygens (including phenoxy) is 5. The summed E-state index contributed by atoms with van der Waals surface area (Å²) in [6, 6.07) is 25.2. The first-order chi connectivity index (χ1) is 38.5. The van der Waals surface area contributed by atoms with Crippen LogP contribution in [0, 0.1) is 27.7 Å². The van der Waals surface area contributed by atoms with Gasteiger partial charge in [-0.25, -0.2) is 40.2 Å². The summed E-state index contributed by atoms with van der Waals surface area (Å²) in [5, 5.41) is 1.73. The van der Waals surface area contributed by atoms with Crippen LogP contribution in [0.15, 0.2) is 111 Å². The van der Waals surface area contributed by atoms with Crippen LogP contribution in [-0.2, 0) is 53.2 Å². The normalized spacial score (nSPS) is 19.1. The molecule has 3 aromatic heterocycles. The van der Waals surface area contributed by atoms with E-state index in [0.29, 0.717) is 86.3 Å². The lowest BCUT2D eigenvalue weighted by Crippen LogP contribution is -2.36. The minimum atomic E-state index is -3.63. The molecule has 12 rings (SSSR count). The lowest BCUT2D eigenvalue weighted by Gasteiger charge is -2.29. The third-order valence-corrected chi connectivity index (χ3v) is 23.3. The molecule has 8 heterocycles. The summed E-state index contributed by atoms with van der Waals surface area (Å²) in [6.45, 7) is 17.7. The van der Waals surface area contributed by atoms with Crippen LogP contribution in [0.25, 0.3) is 31.5 Å². The van der Waals surface area contributed by atoms with Crippen LogP contribution in [0.1, 0.15) is 34.4 Å². The molecule has 18 nitrogen and oxygen atoms in total. The van der Waals surface area contributed by atoms with Gasteiger partial charge in [0, 0.05) is 81.3 Å². The number of aryl methyl sites for hydroxylation is 4. The Balaban J connectivity index is 0.000000135. The molecule has 0 aliphatic carbocycles. The van der Waals surface area contributed by atoms with Gasteiger partial charge in [0.05, 0.1) is 108 Å². The number of hydrogen-bond donors (Lipinski definition) is 0. The zero-order chi connectivity index (χ0) is 56.0. The van der Waals surface area contributed by atoms with E-state index in [2.05, 4.69) is 46.2 Å². The largest absolute Gasteiger partial charge is 0.380 e. The quantitative estimate of drug-likeness (QED) is 0.112. The van der Waals surface area contributed by atoms with Gasteiger partial charge in [0.2, 0.25) is 9.84 Å². The van der Waals surface area contributed by atoms with Crippen molar-refractivity contribution in [3.8, 4) is 31.5 Å². The zero-order valence-electron chi connectivity index (χ0n) is 45.1. The van der Waals surface area contributed by atoms with Gasteiger partial charge >= 0.3 is 0 Å². The highest BCUT2D eigenvalue weighted by molar-refractivity contribution is 7.92. The number of sulfone groups is 3. The molecule has 5 aliphatic heterocycles. The second kappa shape index (κ2) is 25.5. The second-order valence-electron chi connectivity index (χ2n) is 19.9. The highest BCUT2D eigenvalue weighted by Gasteiger charge is 2.34. The van der Waals surface area contributed by atoms with E-state index in [0.717, 1.165) is 98.5 Å². The van der Waals surface area contributed by atoms with Gasteiger partial charge in [0.25, 0.3) is 0 Å². The molecule has 0 radical (unpaired) electrons. The Morgan fingerprint density at radius 2 is 0.988 bits per heavy atom. The molecule has 7 aromatic rings. The predicted molar refractivity (Wildman–Crippen MR) is 313 cm³/mol. The summed E-state index contributed by atoms with van der Waals surface area (Å²) in [5.41, 5.74) is 6.23. The monoisotopic (exact) mass is 1200 g/mol. The second-order valence-corrected chi connectivity index (χ2v) is 29.5. The molecular weight excluding hydrogens is 1140 g/mol. The van der Waals surface area contributed by atoms with Crippen molar-refractivity contribution in [3.05, 3.63) is 113 Å². The van der Waals surface area contributed by atoms with Crippen molar-refractivity contribution in [1.29, 1.82) is 0 Å². The maximum atomic E-state index is 13.2. The standard InChI is InChI=1S/C19H19N3O3S2.C19H24N2O4S2.C18H22N2O4S2/c1-14-20-19(26-21-14)15-11-16(22-7-9-25-10-8-22)13-18(12-15)27(23,24)17-5-3-2-4-6-17;1-13-19(26-14(2)20-13)15-9-16(21-4-7-24-8-5-21)11-18(10-15)27(22,23)17-3-6-25-12-17;1-13-19-11-18(25-13)14-8-15(20-3-6-23-7-4-20)10-17(9-14)26(21,22)16-2-5-24-12-16/h2-6,11-13H,7-10H2,1H3;9-11,17H,3-8,12H2,1-2H3;8-11,16H,2-7,12H2,1H3. The van der Waals surface area contributed by atoms with Crippen LogP contribution < -0.4 is 14.7 Å². The number of aromatic nitrogens is 4. The van der Waals surface area contributed by atoms with Crippen LogP contribution >= 0.6 is 34.2 Å². The summed E-state index contributed by atoms with van der Waals surface area (Å²) in [5.74, 6) is 0.680. The number of anilines is 3. The third-order valence-electron chi connectivity index (χ3n) is 14.3. The van der Waals surface area contributed by atoms with Gasteiger partial charge < -0.3 is 38.4 Å². The Kier molecular flexibility index (Phi) is 18.5. The zero-order valence-corrected chi connectivity index (χ0v) is 50.0. The fourth-order valence-electron chi connectivity index (χ4n) is 9.99. The Morgan fingerprint density at radius 1 is 0.500 bits per heavy atom. The van der Waals surface area contributed by atoms with Crippen LogP contribution in [0.2, 0.25) is 0 Å². The van der Waals surface area contributed by atoms with E-state index in [-0.39, 0.29) is 23.0 Å². The molecule has 0 amide bonds.